The summed E-state index contributed by atoms with van der Waals surface area (Å²) in [5.74, 6) is 0. The summed E-state index contributed by atoms with van der Waals surface area (Å²) in [6.45, 7) is 1.60. The zero-order valence-electron chi connectivity index (χ0n) is 13.0. The van der Waals surface area contributed by atoms with E-state index in [-0.39, 0.29) is 5.56 Å². The Hall–Kier alpha value is -2.48. The molecule has 7 nitrogen and oxygen atoms in total. The maximum atomic E-state index is 12.0. The van der Waals surface area contributed by atoms with Crippen LogP contribution in [0.5, 0.6) is 0 Å². The van der Waals surface area contributed by atoms with Gasteiger partial charge in [0.05, 0.1) is 11.7 Å². The van der Waals surface area contributed by atoms with Gasteiger partial charge in [0.2, 0.25) is 0 Å². The van der Waals surface area contributed by atoms with Crippen molar-refractivity contribution >= 4 is 12.2 Å². The predicted molar refractivity (Wildman–Crippen MR) is 88.3 cm³/mol. The first-order valence-corrected chi connectivity index (χ1v) is 7.57. The van der Waals surface area contributed by atoms with Crippen LogP contribution in [0.25, 0.3) is 12.2 Å². The van der Waals surface area contributed by atoms with E-state index in [0.717, 1.165) is 10.1 Å². The molecule has 7 heteroatoms. The van der Waals surface area contributed by atoms with Crippen LogP contribution in [0.4, 0.5) is 0 Å². The molecule has 1 saturated heterocycles. The Morgan fingerprint density at radius 2 is 1.83 bits per heavy atom. The number of ether oxygens (including phenoxy) is 1. The Labute approximate surface area is 137 Å². The summed E-state index contributed by atoms with van der Waals surface area (Å²) < 4.78 is 6.51. The highest BCUT2D eigenvalue weighted by molar-refractivity contribution is 5.68. The lowest BCUT2D eigenvalue weighted by Gasteiger charge is -2.17. The molecule has 0 radical (unpaired) electrons. The number of hydrogen-bond donors (Lipinski definition) is 3. The number of hydrogen-bond acceptors (Lipinski definition) is 5. The Kier molecular flexibility index (Phi) is 4.48. The second-order valence-corrected chi connectivity index (χ2v) is 5.71. The van der Waals surface area contributed by atoms with E-state index in [2.05, 4.69) is 4.98 Å². The fourth-order valence-electron chi connectivity index (χ4n) is 2.62. The Morgan fingerprint density at radius 3 is 2.46 bits per heavy atom. The first kappa shape index (κ1) is 16.4. The second-order valence-electron chi connectivity index (χ2n) is 5.71. The van der Waals surface area contributed by atoms with Crippen molar-refractivity contribution in [3.63, 3.8) is 0 Å². The maximum absolute atomic E-state index is 12.0. The molecule has 3 rings (SSSR count). The van der Waals surface area contributed by atoms with Gasteiger partial charge in [0, 0.05) is 6.20 Å². The number of nitrogens with zero attached hydrogens (tertiary/aromatic N) is 1. The topological polar surface area (TPSA) is 105 Å². The van der Waals surface area contributed by atoms with Crippen LogP contribution in [0, 0.1) is 0 Å². The zero-order valence-corrected chi connectivity index (χ0v) is 13.0. The lowest BCUT2D eigenvalue weighted by Crippen LogP contribution is -2.38. The molecule has 1 aliphatic rings. The molecule has 0 spiro atoms. The standard InChI is InChI=1S/C17H18N2O5/c1-10-13(20)14(21)16(24-10)19-9-12(15(22)18-17(19)23)8-7-11-5-3-2-4-6-11/h2-10,13-14,16,20-21H,1H3,(H,18,22,23)/b8-7+. The molecule has 0 bridgehead atoms. The van der Waals surface area contributed by atoms with E-state index in [1.807, 2.05) is 30.3 Å². The molecular formula is C17H18N2O5. The number of aromatic nitrogens is 2. The number of benzene rings is 1. The van der Waals surface area contributed by atoms with Gasteiger partial charge in [-0.1, -0.05) is 36.4 Å². The van der Waals surface area contributed by atoms with Crippen LogP contribution in [0.15, 0.2) is 46.1 Å². The van der Waals surface area contributed by atoms with Crippen LogP contribution in [0.2, 0.25) is 0 Å². The third-order valence-electron chi connectivity index (χ3n) is 4.00. The fourth-order valence-corrected chi connectivity index (χ4v) is 2.62. The summed E-state index contributed by atoms with van der Waals surface area (Å²) in [4.78, 5) is 26.2. The maximum Gasteiger partial charge on any atom is 0.330 e. The molecule has 3 N–H and O–H groups in total. The van der Waals surface area contributed by atoms with E-state index in [0.29, 0.717) is 0 Å². The first-order chi connectivity index (χ1) is 11.5. The minimum atomic E-state index is -1.26. The van der Waals surface area contributed by atoms with Gasteiger partial charge in [0.1, 0.15) is 12.2 Å². The average Bonchev–Trinajstić information content (AvgIpc) is 2.82. The molecule has 0 amide bonds. The summed E-state index contributed by atoms with van der Waals surface area (Å²) in [5.41, 5.74) is -0.106. The van der Waals surface area contributed by atoms with Gasteiger partial charge in [0.15, 0.2) is 6.23 Å². The third kappa shape index (κ3) is 3.09. The van der Waals surface area contributed by atoms with Crippen LogP contribution >= 0.6 is 0 Å². The number of rotatable bonds is 3. The number of H-pyrrole nitrogens is 1. The molecule has 24 heavy (non-hydrogen) atoms. The van der Waals surface area contributed by atoms with Gasteiger partial charge in [-0.3, -0.25) is 14.3 Å². The first-order valence-electron chi connectivity index (χ1n) is 7.57. The highest BCUT2D eigenvalue weighted by Gasteiger charge is 2.41. The molecule has 126 valence electrons. The highest BCUT2D eigenvalue weighted by atomic mass is 16.6. The normalized spacial score (nSPS) is 27.0. The summed E-state index contributed by atoms with van der Waals surface area (Å²) >= 11 is 0. The molecule has 2 heterocycles. The SMILES string of the molecule is CC1OC(n2cc(/C=C/c3ccccc3)c(=O)[nH]c2=O)C(O)C1O. The molecule has 1 aromatic carbocycles. The monoisotopic (exact) mass is 330 g/mol. The summed E-state index contributed by atoms with van der Waals surface area (Å²) in [5, 5.41) is 19.8. The Balaban J connectivity index is 1.97. The molecule has 1 aromatic heterocycles. The van der Waals surface area contributed by atoms with Gasteiger partial charge in [0.25, 0.3) is 5.56 Å². The van der Waals surface area contributed by atoms with Crippen molar-refractivity contribution in [2.75, 3.05) is 0 Å². The second kappa shape index (κ2) is 6.56. The van der Waals surface area contributed by atoms with Crippen molar-refractivity contribution in [2.45, 2.75) is 31.5 Å². The van der Waals surface area contributed by atoms with Gasteiger partial charge in [-0.05, 0) is 18.6 Å². The Bertz CT molecular complexity index is 855. The van der Waals surface area contributed by atoms with Crippen molar-refractivity contribution in [2.24, 2.45) is 0 Å². The average molecular weight is 330 g/mol. The predicted octanol–water partition coefficient (Wildman–Crippen LogP) is 0.346. The number of nitrogens with one attached hydrogen (secondary N) is 1. The van der Waals surface area contributed by atoms with Gasteiger partial charge in [-0.15, -0.1) is 0 Å². The third-order valence-corrected chi connectivity index (χ3v) is 4.00. The molecule has 2 aromatic rings. The zero-order chi connectivity index (χ0) is 17.3. The largest absolute Gasteiger partial charge is 0.388 e. The molecule has 4 unspecified atom stereocenters. The van der Waals surface area contributed by atoms with Crippen molar-refractivity contribution < 1.29 is 14.9 Å². The van der Waals surface area contributed by atoms with Gasteiger partial charge >= 0.3 is 5.69 Å². The van der Waals surface area contributed by atoms with Gasteiger partial charge < -0.3 is 14.9 Å². The van der Waals surface area contributed by atoms with Crippen molar-refractivity contribution in [3.8, 4) is 0 Å². The number of aromatic amines is 1. The molecule has 0 aliphatic carbocycles. The van der Waals surface area contributed by atoms with Crippen LogP contribution in [0.3, 0.4) is 0 Å². The Morgan fingerprint density at radius 1 is 1.12 bits per heavy atom. The minimum Gasteiger partial charge on any atom is -0.388 e. The van der Waals surface area contributed by atoms with Crippen LogP contribution in [0.1, 0.15) is 24.3 Å². The lowest BCUT2D eigenvalue weighted by molar-refractivity contribution is -0.0351. The van der Waals surface area contributed by atoms with E-state index < -0.39 is 35.8 Å². The summed E-state index contributed by atoms with van der Waals surface area (Å²) in [6.07, 6.45) is 0.606. The van der Waals surface area contributed by atoms with E-state index in [1.54, 1.807) is 19.1 Å². The summed E-state index contributed by atoms with van der Waals surface area (Å²) in [6, 6.07) is 9.38. The van der Waals surface area contributed by atoms with E-state index in [9.17, 15) is 19.8 Å². The van der Waals surface area contributed by atoms with Crippen LogP contribution < -0.4 is 11.2 Å². The van der Waals surface area contributed by atoms with E-state index in [1.165, 1.54) is 6.20 Å². The molecule has 0 saturated carbocycles. The quantitative estimate of drug-likeness (QED) is 0.753. The van der Waals surface area contributed by atoms with Gasteiger partial charge in [-0.2, -0.15) is 0 Å². The van der Waals surface area contributed by atoms with Crippen molar-refractivity contribution in [3.05, 3.63) is 68.5 Å². The lowest BCUT2D eigenvalue weighted by atomic mass is 10.1. The number of aliphatic hydroxyl groups excluding tert-OH is 2. The van der Waals surface area contributed by atoms with Crippen molar-refractivity contribution in [1.29, 1.82) is 0 Å². The van der Waals surface area contributed by atoms with Gasteiger partial charge in [-0.25, -0.2) is 4.79 Å². The molecular weight excluding hydrogens is 312 g/mol. The van der Waals surface area contributed by atoms with Crippen molar-refractivity contribution in [1.82, 2.24) is 9.55 Å². The minimum absolute atomic E-state index is 0.239. The van der Waals surface area contributed by atoms with Crippen LogP contribution in [-0.4, -0.2) is 38.1 Å². The molecule has 4 atom stereocenters. The summed E-state index contributed by atoms with van der Waals surface area (Å²) in [7, 11) is 0. The van der Waals surface area contributed by atoms with E-state index in [4.69, 9.17) is 4.74 Å². The smallest absolute Gasteiger partial charge is 0.330 e. The fraction of sp³-hybridized carbons (Fsp3) is 0.294. The van der Waals surface area contributed by atoms with Crippen LogP contribution in [-0.2, 0) is 4.74 Å². The molecule has 1 fully saturated rings. The van der Waals surface area contributed by atoms with E-state index >= 15 is 0 Å². The highest BCUT2D eigenvalue weighted by Crippen LogP contribution is 2.27. The molecule has 1 aliphatic heterocycles. The number of aliphatic hydroxyl groups is 2.